The molecule has 0 saturated carbocycles. The van der Waals surface area contributed by atoms with E-state index < -0.39 is 18.9 Å². The molecule has 0 unspecified atom stereocenters. The van der Waals surface area contributed by atoms with Crippen LogP contribution < -0.4 is 32.0 Å². The van der Waals surface area contributed by atoms with E-state index in [9.17, 15) is 10.2 Å². The summed E-state index contributed by atoms with van der Waals surface area (Å²) in [6, 6.07) is 13.6. The molecule has 2 aromatic heterocycles. The van der Waals surface area contributed by atoms with Crippen LogP contribution in [0.4, 0.5) is 11.4 Å². The number of nitrogens with one attached hydrogen (secondary N) is 4. The van der Waals surface area contributed by atoms with Crippen molar-refractivity contribution in [3.8, 4) is 11.5 Å². The van der Waals surface area contributed by atoms with Crippen LogP contribution in [0.5, 0.6) is 11.5 Å². The molecule has 2 heterocycles. The van der Waals surface area contributed by atoms with Gasteiger partial charge < -0.3 is 29.7 Å². The fourth-order valence-corrected chi connectivity index (χ4v) is 3.12. The molecule has 12 heteroatoms. The second-order valence-electron chi connectivity index (χ2n) is 6.54. The summed E-state index contributed by atoms with van der Waals surface area (Å²) >= 11 is -0.826. The topological polar surface area (TPSA) is 144 Å². The molecule has 175 valence electrons. The molecule has 3 radical (unpaired) electrons. The molecule has 4 rings (SSSR count). The normalized spacial score (nSPS) is 10.2. The van der Waals surface area contributed by atoms with E-state index in [1.165, 1.54) is 0 Å². The van der Waals surface area contributed by atoms with Crippen LogP contribution in [0.1, 0.15) is 6.42 Å². The number of para-hydroxylation sites is 2. The van der Waals surface area contributed by atoms with Crippen molar-refractivity contribution < 1.29 is 36.1 Å². The average molecular weight is 644 g/mol. The van der Waals surface area contributed by atoms with Gasteiger partial charge in [0.25, 0.3) is 0 Å². The van der Waals surface area contributed by atoms with Crippen molar-refractivity contribution in [2.24, 2.45) is 0 Å². The number of benzene rings is 2. The first-order valence-electron chi connectivity index (χ1n) is 9.46. The third kappa shape index (κ3) is 6.51. The van der Waals surface area contributed by atoms with Crippen molar-refractivity contribution in [1.82, 2.24) is 0 Å². The van der Waals surface area contributed by atoms with E-state index in [1.54, 1.807) is 48.5 Å². The summed E-state index contributed by atoms with van der Waals surface area (Å²) in [4.78, 5) is 0. The van der Waals surface area contributed by atoms with Gasteiger partial charge in [-0.15, -0.1) is 0 Å². The average Bonchev–Trinajstić information content (AvgIpc) is 2.78. The van der Waals surface area contributed by atoms with Crippen molar-refractivity contribution in [2.75, 3.05) is 23.7 Å². The number of hydrogen-bond donors (Lipinski definition) is 4. The van der Waals surface area contributed by atoms with Crippen molar-refractivity contribution in [1.29, 1.82) is 10.8 Å². The standard InChI is InChI=1S/C21H20N4O4.2ClH.Cu.Sn/c22-20-16(18(26)12-6-1-3-8-14(12)28-20)24-10-5-11-25-17-19(27)13-7-2-4-9-15(13)29-21(17)23;;;;/h1-4,6-9,22-27H,5,10-11H2;2*1H;;/q;;;2*+2/p-4. The predicted octanol–water partition coefficient (Wildman–Crippen LogP) is 3.19. The van der Waals surface area contributed by atoms with Crippen LogP contribution in [0, 0.1) is 10.8 Å². The predicted molar refractivity (Wildman–Crippen MR) is 122 cm³/mol. The largest absolute Gasteiger partial charge is 2.00 e. The van der Waals surface area contributed by atoms with Gasteiger partial charge in [-0.05, 0) is 18.6 Å². The Morgan fingerprint density at radius 2 is 1.12 bits per heavy atom. The van der Waals surface area contributed by atoms with Crippen molar-refractivity contribution in [3.63, 3.8) is 0 Å². The molecule has 4 aromatic rings. The fourth-order valence-electron chi connectivity index (χ4n) is 3.12. The molecule has 0 aliphatic rings. The van der Waals surface area contributed by atoms with E-state index in [1.807, 2.05) is 0 Å². The Morgan fingerprint density at radius 3 is 1.52 bits per heavy atom. The quantitative estimate of drug-likeness (QED) is 0.188. The molecule has 0 fully saturated rings. The van der Waals surface area contributed by atoms with Crippen LogP contribution in [0.15, 0.2) is 57.4 Å². The van der Waals surface area contributed by atoms with Crippen LogP contribution in [-0.2, 0) is 17.1 Å². The monoisotopic (exact) mass is 643 g/mol. The summed E-state index contributed by atoms with van der Waals surface area (Å²) in [5, 5.41) is 47.6. The minimum Gasteiger partial charge on any atom is 2.00 e. The van der Waals surface area contributed by atoms with E-state index in [4.69, 9.17) is 37.5 Å². The van der Waals surface area contributed by atoms with Gasteiger partial charge in [0.2, 0.25) is 11.1 Å². The second-order valence-corrected chi connectivity index (χ2v) is 10.8. The molecule has 33 heavy (non-hydrogen) atoms. The molecule has 0 bridgehead atoms. The van der Waals surface area contributed by atoms with Gasteiger partial charge in [0.05, 0.1) is 11.4 Å². The van der Waals surface area contributed by atoms with Crippen LogP contribution >= 0.6 is 17.8 Å². The molecule has 0 amide bonds. The van der Waals surface area contributed by atoms with Gasteiger partial charge in [-0.1, -0.05) is 47.9 Å². The van der Waals surface area contributed by atoms with Crippen molar-refractivity contribution in [3.05, 3.63) is 59.6 Å². The van der Waals surface area contributed by atoms with Crippen LogP contribution in [0.3, 0.4) is 0 Å². The Hall–Kier alpha value is -2.04. The molecule has 0 saturated heterocycles. The van der Waals surface area contributed by atoms with Gasteiger partial charge in [-0.2, -0.15) is 0 Å². The molecule has 4 N–H and O–H groups in total. The molecule has 0 aliphatic carbocycles. The van der Waals surface area contributed by atoms with Crippen molar-refractivity contribution >= 4 is 70.0 Å². The summed E-state index contributed by atoms with van der Waals surface area (Å²) in [6.45, 7) is 0.766. The Morgan fingerprint density at radius 1 is 0.758 bits per heavy atom. The van der Waals surface area contributed by atoms with E-state index in [-0.39, 0.29) is 51.1 Å². The molecule has 0 aliphatic heterocycles. The van der Waals surface area contributed by atoms with Gasteiger partial charge >= 0.3 is 53.8 Å². The van der Waals surface area contributed by atoms with Crippen LogP contribution in [0.2, 0.25) is 0 Å². The van der Waals surface area contributed by atoms with Gasteiger partial charge in [0.1, 0.15) is 11.2 Å². The van der Waals surface area contributed by atoms with Crippen molar-refractivity contribution in [2.45, 2.75) is 6.42 Å². The van der Waals surface area contributed by atoms with Gasteiger partial charge in [-0.25, -0.2) is 0 Å². The summed E-state index contributed by atoms with van der Waals surface area (Å²) < 4.78 is 10.8. The smallest absolute Gasteiger partial charge is 2.00 e. The maximum atomic E-state index is 12.5. The molecule has 8 nitrogen and oxygen atoms in total. The number of halogens is 2. The zero-order chi connectivity index (χ0) is 23.1. The third-order valence-corrected chi connectivity index (χ3v) is 4.55. The zero-order valence-corrected chi connectivity index (χ0v) is 22.2. The second kappa shape index (κ2) is 13.0. The first-order valence-corrected chi connectivity index (χ1v) is 16.7. The number of fused-ring (bicyclic) bond motifs is 2. The zero-order valence-electron chi connectivity index (χ0n) is 16.9. The van der Waals surface area contributed by atoms with E-state index in [0.29, 0.717) is 41.4 Å². The number of rotatable bonds is 6. The maximum absolute atomic E-state index is 12.5. The first-order chi connectivity index (χ1) is 15.5. The summed E-state index contributed by atoms with van der Waals surface area (Å²) in [7, 11) is 9.87. The Bertz CT molecular complexity index is 1250. The molecule has 0 spiro atoms. The van der Waals surface area contributed by atoms with Crippen LogP contribution in [0.25, 0.3) is 21.9 Å². The summed E-state index contributed by atoms with van der Waals surface area (Å²) in [5.41, 5.74) is 0.530. The van der Waals surface area contributed by atoms with E-state index in [2.05, 4.69) is 10.6 Å². The summed E-state index contributed by atoms with van der Waals surface area (Å²) in [6.07, 6.45) is 0.539. The van der Waals surface area contributed by atoms with Crippen LogP contribution in [-0.4, -0.2) is 32.0 Å². The Balaban J connectivity index is 0.000000914. The molecule has 0 atom stereocenters. The first kappa shape index (κ1) is 27.2. The van der Waals surface area contributed by atoms with Gasteiger partial charge in [-0.3, -0.25) is 10.8 Å². The number of hydrogen-bond acceptors (Lipinski definition) is 8. The third-order valence-electron chi connectivity index (χ3n) is 4.55. The minimum atomic E-state index is -0.826. The van der Waals surface area contributed by atoms with E-state index in [0.717, 1.165) is 0 Å². The molecular formula is C21H18Cl2CuN4O4Sn. The SMILES string of the molecule is N=c1oc2ccccc2c([O-])c1NCCCNc1c([O-])c2ccccc2oc1=N.[Cl][Sn][Cl].[Cu+2]. The summed E-state index contributed by atoms with van der Waals surface area (Å²) in [5.74, 6) is -0.568. The maximum Gasteiger partial charge on any atom is 2.00 e. The minimum absolute atomic E-state index is 0. The Labute approximate surface area is 217 Å². The van der Waals surface area contributed by atoms with E-state index >= 15 is 0 Å². The Kier molecular flexibility index (Phi) is 10.7. The molecular weight excluding hydrogens is 625 g/mol. The molecule has 2 aromatic carbocycles. The van der Waals surface area contributed by atoms with Gasteiger partial charge in [0, 0.05) is 23.9 Å². The number of anilines is 2. The van der Waals surface area contributed by atoms with Gasteiger partial charge in [0.15, 0.2) is 0 Å². The fraction of sp³-hybridized carbons (Fsp3) is 0.143.